The average Bonchev–Trinajstić information content (AvgIpc) is 3.04. The van der Waals surface area contributed by atoms with Crippen LogP contribution >= 0.6 is 0 Å². The molecule has 0 radical (unpaired) electrons. The van der Waals surface area contributed by atoms with E-state index in [0.717, 1.165) is 23.7 Å². The Morgan fingerprint density at radius 3 is 2.67 bits per heavy atom. The molecule has 1 heterocycles. The third-order valence-corrected chi connectivity index (χ3v) is 4.51. The molecule has 0 saturated heterocycles. The first-order chi connectivity index (χ1) is 9.88. The summed E-state index contributed by atoms with van der Waals surface area (Å²) in [5.41, 5.74) is -0.346. The maximum Gasteiger partial charge on any atom is 0.220 e. The van der Waals surface area contributed by atoms with Gasteiger partial charge in [-0.25, -0.2) is 0 Å². The van der Waals surface area contributed by atoms with Crippen LogP contribution < -0.4 is 5.32 Å². The molecule has 1 fully saturated rings. The number of amides is 1. The number of rotatable bonds is 6. The molecular weight excluding hydrogens is 266 g/mol. The molecule has 1 unspecified atom stereocenters. The van der Waals surface area contributed by atoms with Crippen LogP contribution in [0.25, 0.3) is 0 Å². The van der Waals surface area contributed by atoms with Gasteiger partial charge in [0.05, 0.1) is 6.54 Å². The Hall–Kier alpha value is -1.29. The maximum absolute atomic E-state index is 11.9. The first-order valence-electron chi connectivity index (χ1n) is 7.95. The van der Waals surface area contributed by atoms with Crippen LogP contribution in [0, 0.1) is 19.8 Å². The number of carbonyl (C=O) groups excluding carboxylic acids is 1. The molecule has 0 aliphatic heterocycles. The van der Waals surface area contributed by atoms with Crippen molar-refractivity contribution in [2.24, 2.45) is 5.92 Å². The van der Waals surface area contributed by atoms with Crippen LogP contribution in [0.4, 0.5) is 0 Å². The van der Waals surface area contributed by atoms with E-state index in [1.54, 1.807) is 6.92 Å². The second kappa shape index (κ2) is 6.65. The Balaban J connectivity index is 1.80. The summed E-state index contributed by atoms with van der Waals surface area (Å²) in [6, 6.07) is 1.83. The van der Waals surface area contributed by atoms with Gasteiger partial charge in [-0.3, -0.25) is 4.79 Å². The molecule has 4 nitrogen and oxygen atoms in total. The zero-order valence-electron chi connectivity index (χ0n) is 13.4. The molecule has 0 spiro atoms. The standard InChI is InChI=1S/C17H27NO3/c1-12-10-15(13(2)21-12)17(3,20)11-18-16(19)9-8-14-6-4-5-7-14/h10,14,20H,4-9,11H2,1-3H3,(H,18,19). The normalized spacial score (nSPS) is 18.7. The van der Waals surface area contributed by atoms with Gasteiger partial charge in [-0.15, -0.1) is 0 Å². The summed E-state index contributed by atoms with van der Waals surface area (Å²) >= 11 is 0. The van der Waals surface area contributed by atoms with Crippen molar-refractivity contribution in [3.8, 4) is 0 Å². The zero-order chi connectivity index (χ0) is 15.5. The molecule has 1 atom stereocenters. The summed E-state index contributed by atoms with van der Waals surface area (Å²) in [6.07, 6.45) is 6.67. The van der Waals surface area contributed by atoms with E-state index in [4.69, 9.17) is 4.42 Å². The summed E-state index contributed by atoms with van der Waals surface area (Å²) in [5.74, 6) is 2.23. The monoisotopic (exact) mass is 293 g/mol. The minimum Gasteiger partial charge on any atom is -0.466 e. The molecule has 4 heteroatoms. The van der Waals surface area contributed by atoms with Crippen molar-refractivity contribution >= 4 is 5.91 Å². The lowest BCUT2D eigenvalue weighted by molar-refractivity contribution is -0.122. The lowest BCUT2D eigenvalue weighted by Crippen LogP contribution is -2.38. The van der Waals surface area contributed by atoms with Gasteiger partial charge >= 0.3 is 0 Å². The largest absolute Gasteiger partial charge is 0.466 e. The highest BCUT2D eigenvalue weighted by atomic mass is 16.3. The fraction of sp³-hybridized carbons (Fsp3) is 0.706. The molecular formula is C17H27NO3. The Morgan fingerprint density at radius 1 is 1.43 bits per heavy atom. The molecule has 1 amide bonds. The molecule has 1 aromatic rings. The van der Waals surface area contributed by atoms with E-state index in [1.165, 1.54) is 25.7 Å². The minimum atomic E-state index is -1.09. The van der Waals surface area contributed by atoms with Gasteiger partial charge in [0.1, 0.15) is 17.1 Å². The van der Waals surface area contributed by atoms with Gasteiger partial charge in [0.15, 0.2) is 0 Å². The number of hydrogen-bond donors (Lipinski definition) is 2. The second-order valence-electron chi connectivity index (χ2n) is 6.57. The fourth-order valence-corrected chi connectivity index (χ4v) is 3.25. The summed E-state index contributed by atoms with van der Waals surface area (Å²) in [7, 11) is 0. The quantitative estimate of drug-likeness (QED) is 0.846. The van der Waals surface area contributed by atoms with Crippen LogP contribution in [0.3, 0.4) is 0 Å². The smallest absolute Gasteiger partial charge is 0.220 e. The van der Waals surface area contributed by atoms with Crippen molar-refractivity contribution < 1.29 is 14.3 Å². The lowest BCUT2D eigenvalue weighted by atomic mass is 9.96. The number of aliphatic hydroxyl groups is 1. The van der Waals surface area contributed by atoms with Gasteiger partial charge in [0.25, 0.3) is 0 Å². The molecule has 2 N–H and O–H groups in total. The van der Waals surface area contributed by atoms with Crippen LogP contribution in [0.2, 0.25) is 0 Å². The van der Waals surface area contributed by atoms with Gasteiger partial charge in [-0.05, 0) is 39.2 Å². The predicted octanol–water partition coefficient (Wildman–Crippen LogP) is 3.19. The third kappa shape index (κ3) is 4.34. The topological polar surface area (TPSA) is 62.5 Å². The van der Waals surface area contributed by atoms with Crippen molar-refractivity contribution in [2.75, 3.05) is 6.54 Å². The van der Waals surface area contributed by atoms with Gasteiger partial charge in [-0.2, -0.15) is 0 Å². The highest BCUT2D eigenvalue weighted by Crippen LogP contribution is 2.29. The SMILES string of the molecule is Cc1cc(C(C)(O)CNC(=O)CCC2CCCC2)c(C)o1. The molecule has 1 aliphatic carbocycles. The number of carbonyl (C=O) groups is 1. The number of aryl methyl sites for hydroxylation is 2. The van der Waals surface area contributed by atoms with E-state index in [2.05, 4.69) is 5.32 Å². The maximum atomic E-state index is 11.9. The van der Waals surface area contributed by atoms with Crippen molar-refractivity contribution in [2.45, 2.75) is 64.9 Å². The summed E-state index contributed by atoms with van der Waals surface area (Å²) < 4.78 is 5.45. The molecule has 1 saturated carbocycles. The molecule has 0 aromatic carbocycles. The van der Waals surface area contributed by atoms with E-state index in [9.17, 15) is 9.90 Å². The highest BCUT2D eigenvalue weighted by Gasteiger charge is 2.28. The van der Waals surface area contributed by atoms with Crippen LogP contribution in [0.1, 0.15) is 62.5 Å². The highest BCUT2D eigenvalue weighted by molar-refractivity contribution is 5.75. The van der Waals surface area contributed by atoms with E-state index in [0.29, 0.717) is 12.2 Å². The number of furan rings is 1. The summed E-state index contributed by atoms with van der Waals surface area (Å²) in [5, 5.41) is 13.4. The van der Waals surface area contributed by atoms with Gasteiger partial charge in [0, 0.05) is 12.0 Å². The summed E-state index contributed by atoms with van der Waals surface area (Å²) in [4.78, 5) is 11.9. The zero-order valence-corrected chi connectivity index (χ0v) is 13.4. The molecule has 21 heavy (non-hydrogen) atoms. The lowest BCUT2D eigenvalue weighted by Gasteiger charge is -2.23. The van der Waals surface area contributed by atoms with Crippen molar-refractivity contribution in [3.63, 3.8) is 0 Å². The van der Waals surface area contributed by atoms with Gasteiger partial charge in [-0.1, -0.05) is 25.7 Å². The third-order valence-electron chi connectivity index (χ3n) is 4.51. The Labute approximate surface area is 126 Å². The van der Waals surface area contributed by atoms with Gasteiger partial charge in [0.2, 0.25) is 5.91 Å². The molecule has 2 rings (SSSR count). The van der Waals surface area contributed by atoms with Crippen molar-refractivity contribution in [3.05, 3.63) is 23.2 Å². The summed E-state index contributed by atoms with van der Waals surface area (Å²) in [6.45, 7) is 5.61. The van der Waals surface area contributed by atoms with Crippen LogP contribution in [0.5, 0.6) is 0 Å². The van der Waals surface area contributed by atoms with Crippen LogP contribution in [-0.4, -0.2) is 17.6 Å². The molecule has 0 bridgehead atoms. The average molecular weight is 293 g/mol. The number of nitrogens with one attached hydrogen (secondary N) is 1. The van der Waals surface area contributed by atoms with Crippen LogP contribution in [-0.2, 0) is 10.4 Å². The number of hydrogen-bond acceptors (Lipinski definition) is 3. The second-order valence-corrected chi connectivity index (χ2v) is 6.57. The molecule has 1 aliphatic rings. The van der Waals surface area contributed by atoms with E-state index in [1.807, 2.05) is 19.9 Å². The van der Waals surface area contributed by atoms with Gasteiger partial charge < -0.3 is 14.8 Å². The van der Waals surface area contributed by atoms with E-state index < -0.39 is 5.60 Å². The van der Waals surface area contributed by atoms with Crippen molar-refractivity contribution in [1.29, 1.82) is 0 Å². The minimum absolute atomic E-state index is 0.0278. The van der Waals surface area contributed by atoms with E-state index in [-0.39, 0.29) is 12.5 Å². The predicted molar refractivity (Wildman–Crippen MR) is 82.0 cm³/mol. The first-order valence-corrected chi connectivity index (χ1v) is 7.95. The van der Waals surface area contributed by atoms with Crippen LogP contribution in [0.15, 0.2) is 10.5 Å². The Kier molecular flexibility index (Phi) is 5.09. The van der Waals surface area contributed by atoms with E-state index >= 15 is 0 Å². The Bertz CT molecular complexity index is 484. The Morgan fingerprint density at radius 2 is 2.10 bits per heavy atom. The molecule has 118 valence electrons. The molecule has 1 aromatic heterocycles. The first kappa shape index (κ1) is 16.1. The van der Waals surface area contributed by atoms with Crippen molar-refractivity contribution in [1.82, 2.24) is 5.32 Å². The fourth-order valence-electron chi connectivity index (χ4n) is 3.25.